The average molecular weight is 327 g/mol. The molecule has 1 aliphatic rings. The van der Waals surface area contributed by atoms with Crippen molar-refractivity contribution in [3.63, 3.8) is 0 Å². The summed E-state index contributed by atoms with van der Waals surface area (Å²) in [4.78, 5) is 11.6. The van der Waals surface area contributed by atoms with Crippen molar-refractivity contribution in [2.24, 2.45) is 0 Å². The van der Waals surface area contributed by atoms with Crippen molar-refractivity contribution in [3.8, 4) is 0 Å². The van der Waals surface area contributed by atoms with Gasteiger partial charge in [-0.1, -0.05) is 28.1 Å². The highest BCUT2D eigenvalue weighted by Crippen LogP contribution is 2.12. The molecular weight excluding hydrogens is 308 g/mol. The summed E-state index contributed by atoms with van der Waals surface area (Å²) in [6.07, 6.45) is 3.15. The number of hydrogen-bond acceptors (Lipinski definition) is 2. The Morgan fingerprint density at radius 3 is 3.05 bits per heavy atom. The number of carbonyl (C=O) groups is 1. The van der Waals surface area contributed by atoms with E-state index in [1.807, 2.05) is 12.1 Å². The quantitative estimate of drug-likeness (QED) is 0.873. The first-order chi connectivity index (χ1) is 9.24. The standard InChI is InChI=1S/C14H19BrN2O2/c15-12-4-1-3-11(9-12)6-7-16-14(18)17-10-13-5-2-8-19-13/h1,3-4,9,13H,2,5-8,10H2,(H2,16,17,18). The van der Waals surface area contributed by atoms with Gasteiger partial charge in [0.15, 0.2) is 0 Å². The molecule has 0 spiro atoms. The molecule has 1 heterocycles. The molecule has 1 unspecified atom stereocenters. The van der Waals surface area contributed by atoms with Gasteiger partial charge in [0, 0.05) is 24.2 Å². The van der Waals surface area contributed by atoms with Gasteiger partial charge in [-0.3, -0.25) is 0 Å². The monoisotopic (exact) mass is 326 g/mol. The molecule has 0 aromatic heterocycles. The normalized spacial score (nSPS) is 18.3. The molecule has 1 aromatic rings. The van der Waals surface area contributed by atoms with Gasteiger partial charge in [0.05, 0.1) is 6.10 Å². The lowest BCUT2D eigenvalue weighted by Gasteiger charge is -2.11. The first-order valence-corrected chi connectivity index (χ1v) is 7.41. The summed E-state index contributed by atoms with van der Waals surface area (Å²) in [6.45, 7) is 2.05. The van der Waals surface area contributed by atoms with Crippen LogP contribution in [0.5, 0.6) is 0 Å². The summed E-state index contributed by atoms with van der Waals surface area (Å²) in [7, 11) is 0. The van der Waals surface area contributed by atoms with Crippen molar-refractivity contribution >= 4 is 22.0 Å². The Labute approximate surface area is 122 Å². The topological polar surface area (TPSA) is 50.4 Å². The van der Waals surface area contributed by atoms with Crippen molar-refractivity contribution in [1.29, 1.82) is 0 Å². The van der Waals surface area contributed by atoms with E-state index in [1.165, 1.54) is 5.56 Å². The molecule has 1 aliphatic heterocycles. The number of benzene rings is 1. The highest BCUT2D eigenvalue weighted by molar-refractivity contribution is 9.10. The average Bonchev–Trinajstić information content (AvgIpc) is 2.89. The maximum atomic E-state index is 11.6. The third-order valence-electron chi connectivity index (χ3n) is 3.10. The van der Waals surface area contributed by atoms with Crippen molar-refractivity contribution in [1.82, 2.24) is 10.6 Å². The fourth-order valence-corrected chi connectivity index (χ4v) is 2.53. The summed E-state index contributed by atoms with van der Waals surface area (Å²) < 4.78 is 6.51. The number of halogens is 1. The predicted octanol–water partition coefficient (Wildman–Crippen LogP) is 2.47. The molecule has 104 valence electrons. The predicted molar refractivity (Wildman–Crippen MR) is 78.2 cm³/mol. The Morgan fingerprint density at radius 1 is 1.42 bits per heavy atom. The van der Waals surface area contributed by atoms with E-state index < -0.39 is 0 Å². The summed E-state index contributed by atoms with van der Waals surface area (Å²) in [5.74, 6) is 0. The van der Waals surface area contributed by atoms with E-state index in [2.05, 4.69) is 38.7 Å². The summed E-state index contributed by atoms with van der Waals surface area (Å²) in [5, 5.41) is 5.69. The lowest BCUT2D eigenvalue weighted by molar-refractivity contribution is 0.111. The van der Waals surface area contributed by atoms with E-state index >= 15 is 0 Å². The lowest BCUT2D eigenvalue weighted by Crippen LogP contribution is -2.40. The number of ether oxygens (including phenoxy) is 1. The van der Waals surface area contributed by atoms with Crippen molar-refractivity contribution in [2.45, 2.75) is 25.4 Å². The van der Waals surface area contributed by atoms with Crippen LogP contribution in [0, 0.1) is 0 Å². The number of urea groups is 1. The highest BCUT2D eigenvalue weighted by Gasteiger charge is 2.15. The Morgan fingerprint density at radius 2 is 2.32 bits per heavy atom. The second-order valence-corrected chi connectivity index (χ2v) is 5.57. The van der Waals surface area contributed by atoms with Gasteiger partial charge < -0.3 is 15.4 Å². The Kier molecular flexibility index (Phi) is 5.66. The van der Waals surface area contributed by atoms with Gasteiger partial charge in [0.2, 0.25) is 0 Å². The van der Waals surface area contributed by atoms with E-state index in [-0.39, 0.29) is 12.1 Å². The maximum absolute atomic E-state index is 11.6. The Bertz CT molecular complexity index is 420. The van der Waals surface area contributed by atoms with Crippen molar-refractivity contribution in [3.05, 3.63) is 34.3 Å². The Hall–Kier alpha value is -1.07. The van der Waals surface area contributed by atoms with E-state index in [1.54, 1.807) is 0 Å². The molecule has 2 rings (SSSR count). The molecule has 1 saturated heterocycles. The highest BCUT2D eigenvalue weighted by atomic mass is 79.9. The molecule has 2 amide bonds. The molecule has 1 atom stereocenters. The van der Waals surface area contributed by atoms with Crippen LogP contribution < -0.4 is 10.6 Å². The largest absolute Gasteiger partial charge is 0.376 e. The van der Waals surface area contributed by atoms with Gasteiger partial charge in [-0.15, -0.1) is 0 Å². The number of nitrogens with one attached hydrogen (secondary N) is 2. The molecule has 1 aromatic carbocycles. The van der Waals surface area contributed by atoms with Crippen LogP contribution in [0.1, 0.15) is 18.4 Å². The molecular formula is C14H19BrN2O2. The third-order valence-corrected chi connectivity index (χ3v) is 3.60. The van der Waals surface area contributed by atoms with Crippen LogP contribution in [0.2, 0.25) is 0 Å². The SMILES string of the molecule is O=C(NCCc1cccc(Br)c1)NCC1CCCO1. The van der Waals surface area contributed by atoms with E-state index in [9.17, 15) is 4.79 Å². The first kappa shape index (κ1) is 14.3. The minimum Gasteiger partial charge on any atom is -0.376 e. The fraction of sp³-hybridized carbons (Fsp3) is 0.500. The lowest BCUT2D eigenvalue weighted by atomic mass is 10.1. The second kappa shape index (κ2) is 7.50. The van der Waals surface area contributed by atoms with Crippen LogP contribution in [0.25, 0.3) is 0 Å². The van der Waals surface area contributed by atoms with Crippen molar-refractivity contribution in [2.75, 3.05) is 19.7 Å². The molecule has 0 aliphatic carbocycles. The minimum atomic E-state index is -0.120. The molecule has 0 bridgehead atoms. The van der Waals surface area contributed by atoms with Gasteiger partial charge in [-0.2, -0.15) is 0 Å². The number of carbonyl (C=O) groups excluding carboxylic acids is 1. The Balaban J connectivity index is 1.60. The van der Waals surface area contributed by atoms with Gasteiger partial charge in [-0.05, 0) is 37.0 Å². The molecule has 4 nitrogen and oxygen atoms in total. The van der Waals surface area contributed by atoms with Crippen LogP contribution in [-0.4, -0.2) is 31.8 Å². The summed E-state index contributed by atoms with van der Waals surface area (Å²) >= 11 is 3.43. The molecule has 1 fully saturated rings. The third kappa shape index (κ3) is 5.20. The van der Waals surface area contributed by atoms with Gasteiger partial charge in [0.25, 0.3) is 0 Å². The van der Waals surface area contributed by atoms with E-state index in [0.29, 0.717) is 13.1 Å². The number of hydrogen-bond donors (Lipinski definition) is 2. The van der Waals surface area contributed by atoms with Gasteiger partial charge >= 0.3 is 6.03 Å². The smallest absolute Gasteiger partial charge is 0.314 e. The molecule has 19 heavy (non-hydrogen) atoms. The number of rotatable bonds is 5. The minimum absolute atomic E-state index is 0.120. The first-order valence-electron chi connectivity index (χ1n) is 6.62. The summed E-state index contributed by atoms with van der Waals surface area (Å²) in [6, 6.07) is 7.98. The zero-order valence-electron chi connectivity index (χ0n) is 10.8. The summed E-state index contributed by atoms with van der Waals surface area (Å²) in [5.41, 5.74) is 1.20. The van der Waals surface area contributed by atoms with Crippen LogP contribution in [0.15, 0.2) is 28.7 Å². The zero-order chi connectivity index (χ0) is 13.5. The molecule has 0 saturated carbocycles. The van der Waals surface area contributed by atoms with Crippen molar-refractivity contribution < 1.29 is 9.53 Å². The van der Waals surface area contributed by atoms with Gasteiger partial charge in [0.1, 0.15) is 0 Å². The van der Waals surface area contributed by atoms with Crippen LogP contribution in [0.4, 0.5) is 4.79 Å². The maximum Gasteiger partial charge on any atom is 0.314 e. The number of amides is 2. The van der Waals surface area contributed by atoms with Gasteiger partial charge in [-0.25, -0.2) is 4.79 Å². The van der Waals surface area contributed by atoms with E-state index in [0.717, 1.165) is 30.3 Å². The molecule has 0 radical (unpaired) electrons. The fourth-order valence-electron chi connectivity index (χ4n) is 2.09. The van der Waals surface area contributed by atoms with Crippen LogP contribution in [0.3, 0.4) is 0 Å². The van der Waals surface area contributed by atoms with Crippen LogP contribution in [-0.2, 0) is 11.2 Å². The zero-order valence-corrected chi connectivity index (χ0v) is 12.4. The van der Waals surface area contributed by atoms with Crippen LogP contribution >= 0.6 is 15.9 Å². The second-order valence-electron chi connectivity index (χ2n) is 4.65. The molecule has 5 heteroatoms. The van der Waals surface area contributed by atoms with E-state index in [4.69, 9.17) is 4.74 Å². The molecule has 2 N–H and O–H groups in total.